The van der Waals surface area contributed by atoms with E-state index in [-0.39, 0.29) is 11.4 Å². The number of hydrogen-bond donors (Lipinski definition) is 2. The van der Waals surface area contributed by atoms with E-state index in [1.54, 1.807) is 11.8 Å². The first-order chi connectivity index (χ1) is 14.5. The van der Waals surface area contributed by atoms with E-state index >= 15 is 0 Å². The van der Waals surface area contributed by atoms with Gasteiger partial charge in [0, 0.05) is 10.6 Å². The molecule has 3 rings (SSSR count). The molecule has 162 valence electrons. The third-order valence-corrected chi connectivity index (χ3v) is 7.27. The van der Waals surface area contributed by atoms with Crippen molar-refractivity contribution in [2.75, 3.05) is 5.32 Å². The minimum Gasteiger partial charge on any atom is -0.325 e. The minimum atomic E-state index is -0.0935. The van der Waals surface area contributed by atoms with E-state index in [9.17, 15) is 4.79 Å². The monoisotopic (exact) mass is 424 g/mol. The third-order valence-electron chi connectivity index (χ3n) is 5.97. The molecule has 4 heteroatoms. The molecule has 2 aromatic rings. The summed E-state index contributed by atoms with van der Waals surface area (Å²) in [6, 6.07) is 16.7. The Morgan fingerprint density at radius 1 is 0.867 bits per heavy atom. The van der Waals surface area contributed by atoms with Gasteiger partial charge in [0.25, 0.3) is 0 Å². The van der Waals surface area contributed by atoms with E-state index in [4.69, 9.17) is 0 Å². The summed E-state index contributed by atoms with van der Waals surface area (Å²) in [6.45, 7) is 8.72. The number of thioether (sulfide) groups is 1. The largest absolute Gasteiger partial charge is 0.325 e. The number of nitrogens with one attached hydrogen (secondary N) is 2. The van der Waals surface area contributed by atoms with E-state index in [1.165, 1.54) is 48.1 Å². The van der Waals surface area contributed by atoms with Gasteiger partial charge < -0.3 is 10.6 Å². The van der Waals surface area contributed by atoms with Crippen molar-refractivity contribution >= 4 is 23.5 Å². The van der Waals surface area contributed by atoms with Crippen LogP contribution in [0.1, 0.15) is 82.8 Å². The van der Waals surface area contributed by atoms with Gasteiger partial charge in [-0.2, -0.15) is 0 Å². The smallest absolute Gasteiger partial charge is 0.320 e. The van der Waals surface area contributed by atoms with Crippen LogP contribution in [0, 0.1) is 5.92 Å². The predicted molar refractivity (Wildman–Crippen MR) is 129 cm³/mol. The molecule has 1 saturated carbocycles. The summed E-state index contributed by atoms with van der Waals surface area (Å²) < 4.78 is 0. The Hall–Kier alpha value is -1.94. The molecule has 0 aliphatic heterocycles. The molecule has 3 nitrogen and oxygen atoms in total. The molecule has 2 N–H and O–H groups in total. The number of carbonyl (C=O) groups is 1. The maximum Gasteiger partial charge on any atom is 0.320 e. The van der Waals surface area contributed by atoms with Crippen LogP contribution in [0.5, 0.6) is 0 Å². The number of anilines is 1. The summed E-state index contributed by atoms with van der Waals surface area (Å²) in [7, 11) is 0. The van der Waals surface area contributed by atoms with Crippen molar-refractivity contribution in [3.8, 4) is 0 Å². The summed E-state index contributed by atoms with van der Waals surface area (Å²) >= 11 is 1.78. The fourth-order valence-corrected chi connectivity index (χ4v) is 5.54. The standard InChI is InChI=1S/C26H36N2OS/c1-18(2)22-16-11-17-23(19(3)4)24(22)27-26(29)28-25(20-12-7-5-8-13-20)30-21-14-9-6-10-15-21/h6,9-11,14-20,25H,5,7-8,12-13H2,1-4H3,(H2,27,28,29). The lowest BCUT2D eigenvalue weighted by molar-refractivity contribution is 0.244. The number of amides is 2. The molecule has 0 spiro atoms. The molecule has 2 amide bonds. The molecular formula is C26H36N2OS. The molecule has 0 heterocycles. The second-order valence-corrected chi connectivity index (χ2v) is 10.2. The summed E-state index contributed by atoms with van der Waals surface area (Å²) in [6.07, 6.45) is 6.20. The Bertz CT molecular complexity index is 787. The van der Waals surface area contributed by atoms with Gasteiger partial charge in [0.15, 0.2) is 0 Å². The molecule has 1 unspecified atom stereocenters. The van der Waals surface area contributed by atoms with Crippen molar-refractivity contribution in [2.45, 2.75) is 81.9 Å². The van der Waals surface area contributed by atoms with Crippen LogP contribution in [0.2, 0.25) is 0 Å². The highest BCUT2D eigenvalue weighted by atomic mass is 32.2. The van der Waals surface area contributed by atoms with E-state index < -0.39 is 0 Å². The molecule has 0 saturated heterocycles. The van der Waals surface area contributed by atoms with Gasteiger partial charge in [0.05, 0.1) is 5.37 Å². The third kappa shape index (κ3) is 6.04. The molecule has 1 aliphatic rings. The fourth-order valence-electron chi connectivity index (χ4n) is 4.30. The van der Waals surface area contributed by atoms with E-state index in [1.807, 2.05) is 6.07 Å². The minimum absolute atomic E-state index is 0.0846. The molecule has 0 aromatic heterocycles. The maximum absolute atomic E-state index is 13.2. The summed E-state index contributed by atoms with van der Waals surface area (Å²) in [4.78, 5) is 14.4. The van der Waals surface area contributed by atoms with Crippen LogP contribution >= 0.6 is 11.8 Å². The highest BCUT2D eigenvalue weighted by Gasteiger charge is 2.27. The molecule has 2 aromatic carbocycles. The Morgan fingerprint density at radius 2 is 1.47 bits per heavy atom. The highest BCUT2D eigenvalue weighted by Crippen LogP contribution is 2.36. The van der Waals surface area contributed by atoms with Crippen molar-refractivity contribution in [3.63, 3.8) is 0 Å². The Balaban J connectivity index is 1.79. The summed E-state index contributed by atoms with van der Waals surface area (Å²) in [5.74, 6) is 1.22. The predicted octanol–water partition coefficient (Wildman–Crippen LogP) is 7.75. The van der Waals surface area contributed by atoms with E-state index in [0.717, 1.165) is 5.69 Å². The van der Waals surface area contributed by atoms with E-state index in [2.05, 4.69) is 80.8 Å². The second kappa shape index (κ2) is 10.9. The summed E-state index contributed by atoms with van der Waals surface area (Å²) in [5, 5.41) is 6.65. The fraction of sp³-hybridized carbons (Fsp3) is 0.500. The van der Waals surface area contributed by atoms with Gasteiger partial charge >= 0.3 is 6.03 Å². The zero-order valence-electron chi connectivity index (χ0n) is 18.8. The Labute approximate surface area is 186 Å². The number of hydrogen-bond acceptors (Lipinski definition) is 2. The average molecular weight is 425 g/mol. The maximum atomic E-state index is 13.2. The van der Waals surface area contributed by atoms with E-state index in [0.29, 0.717) is 17.8 Å². The molecule has 1 atom stereocenters. The number of rotatable bonds is 7. The van der Waals surface area contributed by atoms with Gasteiger partial charge in [-0.05, 0) is 53.9 Å². The molecule has 1 aliphatic carbocycles. The molecule has 0 bridgehead atoms. The summed E-state index contributed by atoms with van der Waals surface area (Å²) in [5.41, 5.74) is 3.37. The normalized spacial score (nSPS) is 15.9. The van der Waals surface area contributed by atoms with Crippen LogP contribution in [0.25, 0.3) is 0 Å². The SMILES string of the molecule is CC(C)c1cccc(C(C)C)c1NC(=O)NC(Sc1ccccc1)C1CCCCC1. The zero-order valence-corrected chi connectivity index (χ0v) is 19.6. The molecular weight excluding hydrogens is 388 g/mol. The Kier molecular flexibility index (Phi) is 8.26. The topological polar surface area (TPSA) is 41.1 Å². The average Bonchev–Trinajstić information content (AvgIpc) is 2.74. The second-order valence-electron chi connectivity index (χ2n) is 8.97. The van der Waals surface area contributed by atoms with Crippen LogP contribution in [0.15, 0.2) is 53.4 Å². The van der Waals surface area contributed by atoms with Crippen LogP contribution in [-0.4, -0.2) is 11.4 Å². The highest BCUT2D eigenvalue weighted by molar-refractivity contribution is 8.00. The van der Waals surface area contributed by atoms with Crippen molar-refractivity contribution < 1.29 is 4.79 Å². The number of benzene rings is 2. The van der Waals surface area contributed by atoms with Crippen LogP contribution in [0.3, 0.4) is 0 Å². The van der Waals surface area contributed by atoms with Gasteiger partial charge in [0.1, 0.15) is 0 Å². The van der Waals surface area contributed by atoms with Crippen molar-refractivity contribution in [1.82, 2.24) is 5.32 Å². The van der Waals surface area contributed by atoms with Crippen LogP contribution in [-0.2, 0) is 0 Å². The van der Waals surface area contributed by atoms with Crippen LogP contribution < -0.4 is 10.6 Å². The van der Waals surface area contributed by atoms with Gasteiger partial charge in [-0.15, -0.1) is 11.8 Å². The number of para-hydroxylation sites is 1. The molecule has 30 heavy (non-hydrogen) atoms. The zero-order chi connectivity index (χ0) is 21.5. The lowest BCUT2D eigenvalue weighted by atomic mass is 9.89. The lowest BCUT2D eigenvalue weighted by Gasteiger charge is -2.31. The first-order valence-corrected chi connectivity index (χ1v) is 12.3. The number of carbonyl (C=O) groups excluding carboxylic acids is 1. The lowest BCUT2D eigenvalue weighted by Crippen LogP contribution is -2.41. The molecule has 1 fully saturated rings. The van der Waals surface area contributed by atoms with Gasteiger partial charge in [0.2, 0.25) is 0 Å². The van der Waals surface area contributed by atoms with Crippen molar-refractivity contribution in [1.29, 1.82) is 0 Å². The van der Waals surface area contributed by atoms with Gasteiger partial charge in [-0.25, -0.2) is 4.79 Å². The molecule has 0 radical (unpaired) electrons. The van der Waals surface area contributed by atoms with Gasteiger partial charge in [-0.1, -0.05) is 83.4 Å². The quantitative estimate of drug-likeness (QED) is 0.352. The van der Waals surface area contributed by atoms with Crippen molar-refractivity contribution in [2.24, 2.45) is 5.92 Å². The number of urea groups is 1. The van der Waals surface area contributed by atoms with Crippen LogP contribution in [0.4, 0.5) is 10.5 Å². The van der Waals surface area contributed by atoms with Crippen molar-refractivity contribution in [3.05, 3.63) is 59.7 Å². The Morgan fingerprint density at radius 3 is 2.03 bits per heavy atom. The first kappa shape index (κ1) is 22.7. The first-order valence-electron chi connectivity index (χ1n) is 11.4. The van der Waals surface area contributed by atoms with Gasteiger partial charge in [-0.3, -0.25) is 0 Å².